The summed E-state index contributed by atoms with van der Waals surface area (Å²) >= 11 is 3.50. The van der Waals surface area contributed by atoms with E-state index in [1.807, 2.05) is 19.1 Å². The minimum atomic E-state index is -0.510. The number of nitrogens with one attached hydrogen (secondary N) is 1. The predicted molar refractivity (Wildman–Crippen MR) is 98.4 cm³/mol. The van der Waals surface area contributed by atoms with Gasteiger partial charge in [0.15, 0.2) is 11.5 Å². The summed E-state index contributed by atoms with van der Waals surface area (Å²) in [5.41, 5.74) is 1.91. The van der Waals surface area contributed by atoms with Crippen LogP contribution in [0.5, 0.6) is 11.5 Å². The summed E-state index contributed by atoms with van der Waals surface area (Å²) in [6.45, 7) is 3.86. The minimum absolute atomic E-state index is 0.280. The standard InChI is InChI=1S/C17H19BrN4O4/c1-5-26-16(23)13-9(2)21-17-19-8-20-22(17)14(13)10-6-11(18)15(25-4)12(7-10)24-3/h6-8,14H,5H2,1-4H3,(H,19,20,21). The lowest BCUT2D eigenvalue weighted by molar-refractivity contribution is -0.139. The van der Waals surface area contributed by atoms with Crippen LogP contribution in [0.3, 0.4) is 0 Å². The molecule has 1 atom stereocenters. The molecule has 0 amide bonds. The van der Waals surface area contributed by atoms with Crippen LogP contribution in [0.4, 0.5) is 5.95 Å². The van der Waals surface area contributed by atoms with Crippen molar-refractivity contribution in [1.29, 1.82) is 0 Å². The molecule has 26 heavy (non-hydrogen) atoms. The SMILES string of the molecule is CCOC(=O)C1=C(C)Nc2ncnn2C1c1cc(Br)c(OC)c(OC)c1. The van der Waals surface area contributed by atoms with Crippen LogP contribution in [0, 0.1) is 0 Å². The van der Waals surface area contributed by atoms with Gasteiger partial charge in [-0.1, -0.05) is 0 Å². The third kappa shape index (κ3) is 3.03. The van der Waals surface area contributed by atoms with Crippen molar-refractivity contribution in [2.75, 3.05) is 26.1 Å². The highest BCUT2D eigenvalue weighted by Gasteiger charge is 2.35. The van der Waals surface area contributed by atoms with Crippen LogP contribution in [0.25, 0.3) is 0 Å². The first-order chi connectivity index (χ1) is 12.5. The lowest BCUT2D eigenvalue weighted by Crippen LogP contribution is -2.29. The zero-order valence-corrected chi connectivity index (χ0v) is 16.5. The van der Waals surface area contributed by atoms with Gasteiger partial charge in [-0.25, -0.2) is 9.48 Å². The van der Waals surface area contributed by atoms with Gasteiger partial charge in [-0.15, -0.1) is 0 Å². The summed E-state index contributed by atoms with van der Waals surface area (Å²) in [5, 5.41) is 7.38. The number of hydrogen-bond acceptors (Lipinski definition) is 7. The summed E-state index contributed by atoms with van der Waals surface area (Å²) in [5.74, 6) is 1.25. The van der Waals surface area contributed by atoms with Gasteiger partial charge in [0, 0.05) is 5.70 Å². The smallest absolute Gasteiger partial charge is 0.338 e. The van der Waals surface area contributed by atoms with Gasteiger partial charge in [-0.05, 0) is 47.5 Å². The molecule has 0 spiro atoms. The Kier molecular flexibility index (Phi) is 5.17. The van der Waals surface area contributed by atoms with Crippen molar-refractivity contribution in [2.45, 2.75) is 19.9 Å². The molecule has 0 fully saturated rings. The molecule has 0 radical (unpaired) electrons. The van der Waals surface area contributed by atoms with Gasteiger partial charge >= 0.3 is 5.97 Å². The maximum Gasteiger partial charge on any atom is 0.338 e. The van der Waals surface area contributed by atoms with E-state index in [1.54, 1.807) is 25.8 Å². The molecule has 1 aromatic carbocycles. The third-order valence-electron chi connectivity index (χ3n) is 4.06. The second kappa shape index (κ2) is 7.36. The van der Waals surface area contributed by atoms with Crippen molar-refractivity contribution in [3.63, 3.8) is 0 Å². The van der Waals surface area contributed by atoms with E-state index in [0.717, 1.165) is 5.56 Å². The van der Waals surface area contributed by atoms with Gasteiger partial charge in [0.2, 0.25) is 5.95 Å². The molecule has 1 N–H and O–H groups in total. The Hall–Kier alpha value is -2.55. The quantitative estimate of drug-likeness (QED) is 0.740. The second-order valence-corrected chi connectivity index (χ2v) is 6.41. The zero-order valence-electron chi connectivity index (χ0n) is 14.9. The third-order valence-corrected chi connectivity index (χ3v) is 4.65. The molecule has 1 aliphatic rings. The van der Waals surface area contributed by atoms with Gasteiger partial charge in [-0.3, -0.25) is 0 Å². The highest BCUT2D eigenvalue weighted by Crippen LogP contribution is 2.42. The largest absolute Gasteiger partial charge is 0.493 e. The summed E-state index contributed by atoms with van der Waals surface area (Å²) < 4.78 is 18.4. The highest BCUT2D eigenvalue weighted by atomic mass is 79.9. The van der Waals surface area contributed by atoms with Crippen LogP contribution in [0.2, 0.25) is 0 Å². The molecule has 0 saturated carbocycles. The van der Waals surface area contributed by atoms with E-state index in [9.17, 15) is 4.79 Å². The van der Waals surface area contributed by atoms with E-state index >= 15 is 0 Å². The number of anilines is 1. The Morgan fingerprint density at radius 2 is 2.12 bits per heavy atom. The number of fused-ring (bicyclic) bond motifs is 1. The van der Waals surface area contributed by atoms with E-state index < -0.39 is 12.0 Å². The van der Waals surface area contributed by atoms with Gasteiger partial charge in [0.05, 0.1) is 30.9 Å². The van der Waals surface area contributed by atoms with Crippen molar-refractivity contribution >= 4 is 27.8 Å². The number of benzene rings is 1. The Labute approximate surface area is 159 Å². The Balaban J connectivity index is 2.20. The molecule has 1 aromatic heterocycles. The number of carbonyl (C=O) groups is 1. The fraction of sp³-hybridized carbons (Fsp3) is 0.353. The lowest BCUT2D eigenvalue weighted by atomic mass is 9.95. The van der Waals surface area contributed by atoms with Crippen molar-refractivity contribution in [3.8, 4) is 11.5 Å². The fourth-order valence-electron chi connectivity index (χ4n) is 2.97. The first-order valence-corrected chi connectivity index (χ1v) is 8.76. The normalized spacial score (nSPS) is 16.0. The minimum Gasteiger partial charge on any atom is -0.493 e. The van der Waals surface area contributed by atoms with E-state index in [0.29, 0.717) is 33.2 Å². The van der Waals surface area contributed by atoms with Crippen molar-refractivity contribution < 1.29 is 19.0 Å². The molecule has 0 bridgehead atoms. The molecule has 0 saturated heterocycles. The molecule has 8 nitrogen and oxygen atoms in total. The van der Waals surface area contributed by atoms with E-state index in [4.69, 9.17) is 14.2 Å². The van der Waals surface area contributed by atoms with E-state index in [1.165, 1.54) is 6.33 Å². The number of methoxy groups -OCH3 is 2. The summed E-state index contributed by atoms with van der Waals surface area (Å²) in [6, 6.07) is 3.18. The summed E-state index contributed by atoms with van der Waals surface area (Å²) in [4.78, 5) is 16.8. The first-order valence-electron chi connectivity index (χ1n) is 7.97. The summed E-state index contributed by atoms with van der Waals surface area (Å²) in [6.07, 6.45) is 1.44. The van der Waals surface area contributed by atoms with Crippen molar-refractivity contribution in [3.05, 3.63) is 39.8 Å². The average molecular weight is 423 g/mol. The Morgan fingerprint density at radius 1 is 1.35 bits per heavy atom. The van der Waals surface area contributed by atoms with Crippen molar-refractivity contribution in [2.24, 2.45) is 0 Å². The fourth-order valence-corrected chi connectivity index (χ4v) is 3.59. The molecular formula is C17H19BrN4O4. The van der Waals surface area contributed by atoms with Crippen LogP contribution < -0.4 is 14.8 Å². The molecule has 138 valence electrons. The van der Waals surface area contributed by atoms with Crippen LogP contribution in [-0.2, 0) is 9.53 Å². The zero-order chi connectivity index (χ0) is 18.8. The molecule has 1 aliphatic heterocycles. The summed E-state index contributed by atoms with van der Waals surface area (Å²) in [7, 11) is 3.13. The number of hydrogen-bond donors (Lipinski definition) is 1. The molecule has 3 rings (SSSR count). The van der Waals surface area contributed by atoms with E-state index in [-0.39, 0.29) is 6.61 Å². The maximum absolute atomic E-state index is 12.6. The van der Waals surface area contributed by atoms with E-state index in [2.05, 4.69) is 31.3 Å². The molecule has 9 heteroatoms. The van der Waals surface area contributed by atoms with Gasteiger partial charge in [-0.2, -0.15) is 10.1 Å². The first kappa shape index (κ1) is 18.2. The predicted octanol–water partition coefficient (Wildman–Crippen LogP) is 2.91. The number of allylic oxidation sites excluding steroid dienone is 1. The lowest BCUT2D eigenvalue weighted by Gasteiger charge is -2.28. The number of esters is 1. The molecular weight excluding hydrogens is 404 g/mol. The second-order valence-electron chi connectivity index (χ2n) is 5.55. The van der Waals surface area contributed by atoms with Crippen molar-refractivity contribution in [1.82, 2.24) is 14.8 Å². The number of carbonyl (C=O) groups excluding carboxylic acids is 1. The van der Waals surface area contributed by atoms with Crippen LogP contribution >= 0.6 is 15.9 Å². The number of aromatic nitrogens is 3. The maximum atomic E-state index is 12.6. The monoisotopic (exact) mass is 422 g/mol. The highest BCUT2D eigenvalue weighted by molar-refractivity contribution is 9.10. The molecule has 1 unspecified atom stereocenters. The Morgan fingerprint density at radius 3 is 2.77 bits per heavy atom. The molecule has 2 heterocycles. The molecule has 2 aromatic rings. The molecule has 0 aliphatic carbocycles. The average Bonchev–Trinajstić information content (AvgIpc) is 3.07. The van der Waals surface area contributed by atoms with Gasteiger partial charge in [0.25, 0.3) is 0 Å². The topological polar surface area (TPSA) is 87.5 Å². The van der Waals surface area contributed by atoms with Crippen LogP contribution in [0.1, 0.15) is 25.5 Å². The number of nitrogens with zero attached hydrogens (tertiary/aromatic N) is 3. The number of ether oxygens (including phenoxy) is 3. The number of halogens is 1. The van der Waals surface area contributed by atoms with Gasteiger partial charge < -0.3 is 19.5 Å². The van der Waals surface area contributed by atoms with Gasteiger partial charge in [0.1, 0.15) is 12.4 Å². The van der Waals surface area contributed by atoms with Crippen LogP contribution in [0.15, 0.2) is 34.2 Å². The number of rotatable bonds is 5. The Bertz CT molecular complexity index is 878. The van der Waals surface area contributed by atoms with Crippen LogP contribution in [-0.4, -0.2) is 41.6 Å².